The van der Waals surface area contributed by atoms with E-state index in [0.717, 1.165) is 21.9 Å². The van der Waals surface area contributed by atoms with Crippen LogP contribution in [0.1, 0.15) is 40.2 Å². The first kappa shape index (κ1) is 33.8. The Kier molecular flexibility index (Phi) is 7.89. The number of ether oxygens (including phenoxy) is 1. The van der Waals surface area contributed by atoms with Crippen molar-refractivity contribution in [2.75, 3.05) is 16.9 Å². The van der Waals surface area contributed by atoms with Gasteiger partial charge in [0, 0.05) is 17.0 Å². The molecule has 0 radical (unpaired) electrons. The van der Waals surface area contributed by atoms with E-state index in [1.165, 1.54) is 31.4 Å². The van der Waals surface area contributed by atoms with Crippen molar-refractivity contribution in [2.24, 2.45) is 17.8 Å². The van der Waals surface area contributed by atoms with Crippen LogP contribution in [0.4, 0.5) is 15.8 Å². The molecule has 12 heteroatoms. The molecule has 2 aliphatic heterocycles. The summed E-state index contributed by atoms with van der Waals surface area (Å²) in [5, 5.41) is 10.4. The van der Waals surface area contributed by atoms with Crippen molar-refractivity contribution >= 4 is 64.0 Å². The molecule has 8 rings (SSSR count). The smallest absolute Gasteiger partial charge is 0.258 e. The maximum absolute atomic E-state index is 14.5. The predicted octanol–water partition coefficient (Wildman–Crippen LogP) is 6.54. The number of methoxy groups -OCH3 is 1. The number of fused-ring (bicyclic) bond motifs is 4. The van der Waals surface area contributed by atoms with E-state index in [9.17, 15) is 33.5 Å². The number of hydrogen-bond donors (Lipinski definition) is 1. The summed E-state index contributed by atoms with van der Waals surface area (Å²) in [6.45, 7) is 0. The highest BCUT2D eigenvalue weighted by atomic mass is 35.5. The number of amides is 4. The molecule has 6 atom stereocenters. The lowest BCUT2D eigenvalue weighted by atomic mass is 9.56. The number of carbonyl (C=O) groups is 5. The molecule has 0 spiro atoms. The monoisotopic (exact) mass is 738 g/mol. The van der Waals surface area contributed by atoms with E-state index in [1.807, 2.05) is 6.07 Å². The standard InChI is InChI=1S/C40H29Cl2FN2O7/c1-52-31-19-23(9-18-30(31)46)33-27-16-17-28-32(29(27)20-39(41)37(50)45(38(51)40(33,39)42)26-14-10-24(43)11-15-26)36(49)44(35(28)48)25-12-7-22(8-13-25)34(47)21-5-3-2-4-6-21/h2-16,18-19,28-29,32-33,46H,17,20H2,1H3. The Morgan fingerprint density at radius 3 is 2.12 bits per heavy atom. The summed E-state index contributed by atoms with van der Waals surface area (Å²) < 4.78 is 19.3. The molecule has 4 amide bonds. The Labute approximate surface area is 307 Å². The minimum absolute atomic E-state index is 0.0650. The van der Waals surface area contributed by atoms with Crippen molar-refractivity contribution < 1.29 is 38.2 Å². The van der Waals surface area contributed by atoms with Gasteiger partial charge in [0.2, 0.25) is 11.8 Å². The Bertz CT molecular complexity index is 2230. The number of phenolic OH excluding ortho intramolecular Hbond substituents is 1. The summed E-state index contributed by atoms with van der Waals surface area (Å²) in [5.41, 5.74) is 2.16. The molecule has 52 heavy (non-hydrogen) atoms. The van der Waals surface area contributed by atoms with E-state index in [4.69, 9.17) is 27.9 Å². The number of halogens is 3. The Balaban J connectivity index is 1.21. The number of aromatic hydroxyl groups is 1. The molecule has 4 aromatic carbocycles. The second kappa shape index (κ2) is 12.1. The minimum atomic E-state index is -2.14. The number of alkyl halides is 2. The van der Waals surface area contributed by atoms with Crippen LogP contribution in [0.25, 0.3) is 0 Å². The van der Waals surface area contributed by atoms with Crippen LogP contribution < -0.4 is 14.5 Å². The number of ketones is 1. The van der Waals surface area contributed by atoms with Gasteiger partial charge in [-0.2, -0.15) is 0 Å². The SMILES string of the molecule is COc1cc(C2C3=CCC4C(=O)N(c5ccc(C(=O)c6ccccc6)cc5)C(=O)C4C3CC3(Cl)C(=O)N(c4ccc(F)cc4)C(=O)C23Cl)ccc1O. The Morgan fingerprint density at radius 2 is 1.44 bits per heavy atom. The fourth-order valence-electron chi connectivity index (χ4n) is 8.42. The minimum Gasteiger partial charge on any atom is -0.504 e. The Morgan fingerprint density at radius 1 is 0.808 bits per heavy atom. The highest BCUT2D eigenvalue weighted by Gasteiger charge is 2.76. The zero-order valence-electron chi connectivity index (χ0n) is 27.5. The van der Waals surface area contributed by atoms with Crippen LogP contribution in [0.3, 0.4) is 0 Å². The normalized spacial score (nSPS) is 28.0. The quantitative estimate of drug-likeness (QED) is 0.103. The van der Waals surface area contributed by atoms with Gasteiger partial charge in [-0.1, -0.05) is 48.0 Å². The van der Waals surface area contributed by atoms with Crippen molar-refractivity contribution in [1.29, 1.82) is 0 Å². The van der Waals surface area contributed by atoms with Crippen LogP contribution in [-0.2, 0) is 19.2 Å². The zero-order valence-corrected chi connectivity index (χ0v) is 29.0. The summed E-state index contributed by atoms with van der Waals surface area (Å²) in [5.74, 6) is -7.20. The first-order valence-corrected chi connectivity index (χ1v) is 17.3. The third kappa shape index (κ3) is 4.70. The van der Waals surface area contributed by atoms with Gasteiger partial charge in [0.15, 0.2) is 27.0 Å². The number of hydrogen-bond acceptors (Lipinski definition) is 7. The molecular formula is C40H29Cl2FN2O7. The number of imide groups is 2. The molecule has 2 aliphatic carbocycles. The van der Waals surface area contributed by atoms with Crippen LogP contribution in [0.2, 0.25) is 0 Å². The van der Waals surface area contributed by atoms with Crippen LogP contribution in [0, 0.1) is 23.6 Å². The summed E-state index contributed by atoms with van der Waals surface area (Å²) >= 11 is 14.8. The number of allylic oxidation sites excluding steroid dienone is 2. The first-order valence-electron chi connectivity index (χ1n) is 16.6. The Hall–Kier alpha value is -5.32. The van der Waals surface area contributed by atoms with Crippen LogP contribution in [-0.4, -0.2) is 51.4 Å². The average Bonchev–Trinajstić information content (AvgIpc) is 3.50. The third-order valence-corrected chi connectivity index (χ3v) is 12.3. The number of benzene rings is 4. The predicted molar refractivity (Wildman–Crippen MR) is 190 cm³/mol. The maximum atomic E-state index is 14.5. The number of carbonyl (C=O) groups excluding carboxylic acids is 5. The van der Waals surface area contributed by atoms with Gasteiger partial charge in [-0.3, -0.25) is 28.9 Å². The van der Waals surface area contributed by atoms with Gasteiger partial charge in [0.1, 0.15) is 5.82 Å². The molecule has 262 valence electrons. The topological polar surface area (TPSA) is 121 Å². The molecule has 4 aliphatic rings. The van der Waals surface area contributed by atoms with Crippen LogP contribution in [0.5, 0.6) is 11.5 Å². The lowest BCUT2D eigenvalue weighted by Crippen LogP contribution is -2.60. The van der Waals surface area contributed by atoms with E-state index < -0.39 is 62.9 Å². The van der Waals surface area contributed by atoms with E-state index in [-0.39, 0.29) is 41.5 Å². The van der Waals surface area contributed by atoms with E-state index in [0.29, 0.717) is 22.3 Å². The number of anilines is 2. The van der Waals surface area contributed by atoms with Gasteiger partial charge in [0.25, 0.3) is 11.8 Å². The van der Waals surface area contributed by atoms with E-state index in [1.54, 1.807) is 60.7 Å². The van der Waals surface area contributed by atoms with Gasteiger partial charge in [-0.25, -0.2) is 9.29 Å². The second-order valence-corrected chi connectivity index (χ2v) is 14.7. The molecule has 1 saturated carbocycles. The van der Waals surface area contributed by atoms with Crippen molar-refractivity contribution in [1.82, 2.24) is 0 Å². The van der Waals surface area contributed by atoms with Crippen molar-refractivity contribution in [3.8, 4) is 11.5 Å². The second-order valence-electron chi connectivity index (χ2n) is 13.4. The number of nitrogens with zero attached hydrogens (tertiary/aromatic N) is 2. The number of phenols is 1. The summed E-state index contributed by atoms with van der Waals surface area (Å²) in [4.78, 5) is 68.2. The van der Waals surface area contributed by atoms with Crippen molar-refractivity contribution in [2.45, 2.75) is 28.5 Å². The molecule has 3 fully saturated rings. The lowest BCUT2D eigenvalue weighted by molar-refractivity contribution is -0.125. The fraction of sp³-hybridized carbons (Fsp3) is 0.225. The van der Waals surface area contributed by atoms with Gasteiger partial charge in [0.05, 0.1) is 30.3 Å². The molecule has 6 unspecified atom stereocenters. The van der Waals surface area contributed by atoms with Crippen LogP contribution in [0.15, 0.2) is 109 Å². The van der Waals surface area contributed by atoms with E-state index in [2.05, 4.69) is 0 Å². The maximum Gasteiger partial charge on any atom is 0.258 e. The summed E-state index contributed by atoms with van der Waals surface area (Å²) in [6, 6.07) is 24.1. The van der Waals surface area contributed by atoms with Crippen LogP contribution >= 0.6 is 23.2 Å². The number of rotatable bonds is 6. The van der Waals surface area contributed by atoms with Gasteiger partial charge >= 0.3 is 0 Å². The van der Waals surface area contributed by atoms with Crippen molar-refractivity contribution in [3.05, 3.63) is 131 Å². The molecule has 9 nitrogen and oxygen atoms in total. The molecule has 1 N–H and O–H groups in total. The highest BCUT2D eigenvalue weighted by molar-refractivity contribution is 6.58. The highest BCUT2D eigenvalue weighted by Crippen LogP contribution is 2.66. The third-order valence-electron chi connectivity index (χ3n) is 10.9. The molecule has 4 aromatic rings. The average molecular weight is 740 g/mol. The van der Waals surface area contributed by atoms with Gasteiger partial charge in [-0.15, -0.1) is 23.2 Å². The molecular weight excluding hydrogens is 710 g/mol. The summed E-state index contributed by atoms with van der Waals surface area (Å²) in [6.07, 6.45) is 1.68. The zero-order chi connectivity index (χ0) is 36.7. The van der Waals surface area contributed by atoms with Crippen molar-refractivity contribution in [3.63, 3.8) is 0 Å². The van der Waals surface area contributed by atoms with Gasteiger partial charge in [-0.05, 0) is 85.0 Å². The van der Waals surface area contributed by atoms with E-state index >= 15 is 0 Å². The lowest BCUT2D eigenvalue weighted by Gasteiger charge is -2.50. The molecule has 0 bridgehead atoms. The van der Waals surface area contributed by atoms with Gasteiger partial charge < -0.3 is 9.84 Å². The molecule has 0 aromatic heterocycles. The molecule has 2 saturated heterocycles. The summed E-state index contributed by atoms with van der Waals surface area (Å²) in [7, 11) is 1.36. The molecule has 2 heterocycles. The largest absolute Gasteiger partial charge is 0.504 e. The fourth-order valence-corrected chi connectivity index (χ4v) is 9.35. The first-order chi connectivity index (χ1) is 24.9.